The van der Waals surface area contributed by atoms with Gasteiger partial charge < -0.3 is 15.3 Å². The third kappa shape index (κ3) is 4.60. The molecule has 0 radical (unpaired) electrons. The van der Waals surface area contributed by atoms with E-state index in [4.69, 9.17) is 5.11 Å². The van der Waals surface area contributed by atoms with Gasteiger partial charge in [-0.2, -0.15) is 0 Å². The van der Waals surface area contributed by atoms with E-state index in [0.29, 0.717) is 12.6 Å². The van der Waals surface area contributed by atoms with E-state index in [1.807, 2.05) is 0 Å². The Morgan fingerprint density at radius 3 is 3.08 bits per heavy atom. The van der Waals surface area contributed by atoms with Crippen LogP contribution >= 0.6 is 0 Å². The van der Waals surface area contributed by atoms with Crippen LogP contribution in [-0.4, -0.2) is 49.3 Å². The van der Waals surface area contributed by atoms with Gasteiger partial charge >= 0.3 is 0 Å². The van der Waals surface area contributed by atoms with Gasteiger partial charge in [-0.05, 0) is 39.4 Å². The van der Waals surface area contributed by atoms with Crippen LogP contribution in [0.2, 0.25) is 0 Å². The molecule has 0 bridgehead atoms. The van der Waals surface area contributed by atoms with Crippen LogP contribution in [0.3, 0.4) is 0 Å². The predicted octanol–water partition coefficient (Wildman–Crippen LogP) is 0.443. The van der Waals surface area contributed by atoms with Crippen LogP contribution in [0.1, 0.15) is 25.7 Å². The Morgan fingerprint density at radius 2 is 2.31 bits per heavy atom. The van der Waals surface area contributed by atoms with Gasteiger partial charge in [0.15, 0.2) is 0 Å². The average Bonchev–Trinajstić information content (AvgIpc) is 2.31. The quantitative estimate of drug-likeness (QED) is 0.626. The second-order valence-corrected chi connectivity index (χ2v) is 3.99. The molecule has 1 unspecified atom stereocenters. The van der Waals surface area contributed by atoms with E-state index in [1.165, 1.54) is 25.8 Å². The molecule has 78 valence electrons. The van der Waals surface area contributed by atoms with Crippen molar-refractivity contribution >= 4 is 0 Å². The molecule has 1 saturated heterocycles. The van der Waals surface area contributed by atoms with Crippen LogP contribution in [0, 0.1) is 0 Å². The summed E-state index contributed by atoms with van der Waals surface area (Å²) in [7, 11) is 2.19. The lowest BCUT2D eigenvalue weighted by molar-refractivity contribution is 0.273. The molecule has 3 nitrogen and oxygen atoms in total. The molecule has 0 saturated carbocycles. The summed E-state index contributed by atoms with van der Waals surface area (Å²) in [6.07, 6.45) is 4.83. The van der Waals surface area contributed by atoms with Gasteiger partial charge in [0, 0.05) is 19.2 Å². The largest absolute Gasteiger partial charge is 0.396 e. The molecule has 0 aromatic carbocycles. The molecule has 13 heavy (non-hydrogen) atoms. The monoisotopic (exact) mass is 186 g/mol. The van der Waals surface area contributed by atoms with Crippen LogP contribution in [0.25, 0.3) is 0 Å². The molecular formula is C10H22N2O. The third-order valence-corrected chi connectivity index (χ3v) is 2.64. The molecule has 1 rings (SSSR count). The van der Waals surface area contributed by atoms with Crippen LogP contribution in [0.4, 0.5) is 0 Å². The lowest BCUT2D eigenvalue weighted by atomic mass is 10.1. The van der Waals surface area contributed by atoms with Gasteiger partial charge in [-0.15, -0.1) is 0 Å². The highest BCUT2D eigenvalue weighted by Crippen LogP contribution is 2.08. The van der Waals surface area contributed by atoms with Crippen molar-refractivity contribution in [1.29, 1.82) is 0 Å². The minimum atomic E-state index is 0.301. The van der Waals surface area contributed by atoms with Crippen LogP contribution in [0.15, 0.2) is 0 Å². The molecular weight excluding hydrogens is 164 g/mol. The number of rotatable bonds is 4. The van der Waals surface area contributed by atoms with Crippen molar-refractivity contribution in [3.8, 4) is 0 Å². The first-order valence-electron chi connectivity index (χ1n) is 5.35. The summed E-state index contributed by atoms with van der Waals surface area (Å²) in [6.45, 7) is 3.65. The topological polar surface area (TPSA) is 35.5 Å². The number of nitrogens with one attached hydrogen (secondary N) is 1. The minimum Gasteiger partial charge on any atom is -0.396 e. The summed E-state index contributed by atoms with van der Waals surface area (Å²) in [5.74, 6) is 0. The SMILES string of the molecule is CN1CCCCC(NCCCO)C1. The summed E-state index contributed by atoms with van der Waals surface area (Å²) in [5, 5.41) is 12.1. The summed E-state index contributed by atoms with van der Waals surface area (Å²) in [5.41, 5.74) is 0. The first kappa shape index (κ1) is 11.0. The standard InChI is InChI=1S/C10H22N2O/c1-12-7-3-2-5-10(9-12)11-6-4-8-13/h10-11,13H,2-9H2,1H3. The second-order valence-electron chi connectivity index (χ2n) is 3.99. The lowest BCUT2D eigenvalue weighted by Crippen LogP contribution is -2.38. The predicted molar refractivity (Wildman–Crippen MR) is 54.8 cm³/mol. The Labute approximate surface area is 81.1 Å². The lowest BCUT2D eigenvalue weighted by Gasteiger charge is -2.20. The van der Waals surface area contributed by atoms with Gasteiger partial charge in [-0.1, -0.05) is 6.42 Å². The normalized spacial score (nSPS) is 25.8. The highest BCUT2D eigenvalue weighted by Gasteiger charge is 2.13. The number of hydrogen-bond acceptors (Lipinski definition) is 3. The molecule has 0 spiro atoms. The van der Waals surface area contributed by atoms with Gasteiger partial charge in [0.05, 0.1) is 0 Å². The Hall–Kier alpha value is -0.120. The van der Waals surface area contributed by atoms with Gasteiger partial charge in [0.1, 0.15) is 0 Å². The maximum atomic E-state index is 8.65. The summed E-state index contributed by atoms with van der Waals surface area (Å²) < 4.78 is 0. The van der Waals surface area contributed by atoms with Crippen LogP contribution in [-0.2, 0) is 0 Å². The molecule has 1 heterocycles. The van der Waals surface area contributed by atoms with Crippen molar-refractivity contribution in [2.24, 2.45) is 0 Å². The van der Waals surface area contributed by atoms with E-state index in [-0.39, 0.29) is 0 Å². The van der Waals surface area contributed by atoms with Crippen molar-refractivity contribution in [1.82, 2.24) is 10.2 Å². The molecule has 2 N–H and O–H groups in total. The smallest absolute Gasteiger partial charge is 0.0443 e. The molecule has 1 aliphatic rings. The van der Waals surface area contributed by atoms with Crippen molar-refractivity contribution in [2.75, 3.05) is 33.3 Å². The van der Waals surface area contributed by atoms with Crippen molar-refractivity contribution in [3.05, 3.63) is 0 Å². The second kappa shape index (κ2) is 6.35. The fourth-order valence-electron chi connectivity index (χ4n) is 1.88. The molecule has 3 heteroatoms. The van der Waals surface area contributed by atoms with Gasteiger partial charge in [0.25, 0.3) is 0 Å². The van der Waals surface area contributed by atoms with E-state index in [1.54, 1.807) is 0 Å². The number of likely N-dealkylation sites (N-methyl/N-ethyl adjacent to an activating group) is 1. The zero-order chi connectivity index (χ0) is 9.52. The van der Waals surface area contributed by atoms with Crippen molar-refractivity contribution < 1.29 is 5.11 Å². The van der Waals surface area contributed by atoms with Gasteiger partial charge in [0.2, 0.25) is 0 Å². The minimum absolute atomic E-state index is 0.301. The van der Waals surface area contributed by atoms with Gasteiger partial charge in [-0.3, -0.25) is 0 Å². The number of aliphatic hydroxyl groups excluding tert-OH is 1. The fraction of sp³-hybridized carbons (Fsp3) is 1.00. The van der Waals surface area contributed by atoms with E-state index in [0.717, 1.165) is 19.5 Å². The highest BCUT2D eigenvalue weighted by atomic mass is 16.3. The third-order valence-electron chi connectivity index (χ3n) is 2.64. The van der Waals surface area contributed by atoms with E-state index < -0.39 is 0 Å². The first-order valence-corrected chi connectivity index (χ1v) is 5.35. The zero-order valence-electron chi connectivity index (χ0n) is 8.63. The molecule has 1 atom stereocenters. The molecule has 1 aliphatic heterocycles. The molecule has 1 fully saturated rings. The zero-order valence-corrected chi connectivity index (χ0v) is 8.63. The number of nitrogens with zero attached hydrogens (tertiary/aromatic N) is 1. The van der Waals surface area contributed by atoms with E-state index >= 15 is 0 Å². The van der Waals surface area contributed by atoms with Gasteiger partial charge in [-0.25, -0.2) is 0 Å². The molecule has 0 aromatic rings. The van der Waals surface area contributed by atoms with Crippen molar-refractivity contribution in [3.63, 3.8) is 0 Å². The van der Waals surface area contributed by atoms with Crippen LogP contribution < -0.4 is 5.32 Å². The number of aliphatic hydroxyl groups is 1. The molecule has 0 aliphatic carbocycles. The molecule has 0 aromatic heterocycles. The summed E-state index contributed by atoms with van der Waals surface area (Å²) in [6, 6.07) is 0.638. The average molecular weight is 186 g/mol. The Balaban J connectivity index is 2.15. The van der Waals surface area contributed by atoms with E-state index in [2.05, 4.69) is 17.3 Å². The van der Waals surface area contributed by atoms with E-state index in [9.17, 15) is 0 Å². The maximum Gasteiger partial charge on any atom is 0.0443 e. The Morgan fingerprint density at radius 1 is 1.46 bits per heavy atom. The first-order chi connectivity index (χ1) is 6.33. The summed E-state index contributed by atoms with van der Waals surface area (Å²) >= 11 is 0. The van der Waals surface area contributed by atoms with Crippen LogP contribution in [0.5, 0.6) is 0 Å². The number of likely N-dealkylation sites (tertiary alicyclic amines) is 1. The fourth-order valence-corrected chi connectivity index (χ4v) is 1.88. The highest BCUT2D eigenvalue weighted by molar-refractivity contribution is 4.74. The van der Waals surface area contributed by atoms with Crippen molar-refractivity contribution in [2.45, 2.75) is 31.7 Å². The Kier molecular flexibility index (Phi) is 5.35. The molecule has 0 amide bonds. The maximum absolute atomic E-state index is 8.65. The Bertz CT molecular complexity index is 130. The number of hydrogen-bond donors (Lipinski definition) is 2. The summed E-state index contributed by atoms with van der Waals surface area (Å²) in [4.78, 5) is 2.39.